The van der Waals surface area contributed by atoms with E-state index in [0.29, 0.717) is 6.42 Å². The van der Waals surface area contributed by atoms with E-state index < -0.39 is 34.7 Å². The Kier molecular flexibility index (Phi) is 3.23. The number of rotatable bonds is 3. The number of nitro groups is 1. The van der Waals surface area contributed by atoms with E-state index in [9.17, 15) is 19.7 Å². The average Bonchev–Trinajstić information content (AvgIpc) is 2.16. The molecule has 0 aliphatic heterocycles. The van der Waals surface area contributed by atoms with Crippen LogP contribution in [-0.2, 0) is 9.59 Å². The van der Waals surface area contributed by atoms with E-state index in [0.717, 1.165) is 0 Å². The molecule has 0 saturated heterocycles. The van der Waals surface area contributed by atoms with Crippen molar-refractivity contribution in [1.82, 2.24) is 0 Å². The maximum atomic E-state index is 10.8. The monoisotopic (exact) mass is 217 g/mol. The summed E-state index contributed by atoms with van der Waals surface area (Å²) >= 11 is 0. The molecule has 3 unspecified atom stereocenters. The molecule has 0 aromatic carbocycles. The first-order valence-corrected chi connectivity index (χ1v) is 4.54. The Morgan fingerprint density at radius 3 is 2.20 bits per heavy atom. The summed E-state index contributed by atoms with van der Waals surface area (Å²) < 4.78 is 0. The quantitative estimate of drug-likeness (QED) is 0.515. The van der Waals surface area contributed by atoms with Crippen molar-refractivity contribution < 1.29 is 24.7 Å². The third kappa shape index (κ3) is 2.23. The zero-order valence-electron chi connectivity index (χ0n) is 7.83. The normalized spacial score (nSPS) is 30.8. The predicted octanol–water partition coefficient (Wildman–Crippen LogP) is 0.217. The van der Waals surface area contributed by atoms with Crippen LogP contribution in [0.5, 0.6) is 0 Å². The smallest absolute Gasteiger partial charge is 0.314 e. The van der Waals surface area contributed by atoms with Crippen molar-refractivity contribution in [2.45, 2.75) is 25.3 Å². The maximum absolute atomic E-state index is 10.8. The van der Waals surface area contributed by atoms with Crippen LogP contribution in [0.15, 0.2) is 0 Å². The summed E-state index contributed by atoms with van der Waals surface area (Å²) in [5, 5.41) is 28.2. The van der Waals surface area contributed by atoms with Gasteiger partial charge >= 0.3 is 11.9 Å². The summed E-state index contributed by atoms with van der Waals surface area (Å²) in [4.78, 5) is 31.5. The van der Waals surface area contributed by atoms with Gasteiger partial charge in [0.2, 0.25) is 6.04 Å². The van der Waals surface area contributed by atoms with Crippen LogP contribution in [0.3, 0.4) is 0 Å². The van der Waals surface area contributed by atoms with Gasteiger partial charge in [-0.1, -0.05) is 0 Å². The maximum Gasteiger partial charge on any atom is 0.314 e. The number of hydrogen-bond acceptors (Lipinski definition) is 4. The van der Waals surface area contributed by atoms with Gasteiger partial charge in [0, 0.05) is 11.3 Å². The Morgan fingerprint density at radius 1 is 1.20 bits per heavy atom. The minimum atomic E-state index is -1.41. The Hall–Kier alpha value is -1.66. The first-order valence-electron chi connectivity index (χ1n) is 4.54. The number of aliphatic carboxylic acids is 2. The highest BCUT2D eigenvalue weighted by atomic mass is 16.6. The highest BCUT2D eigenvalue weighted by Gasteiger charge is 2.48. The minimum Gasteiger partial charge on any atom is -0.481 e. The lowest BCUT2D eigenvalue weighted by Gasteiger charge is -2.27. The van der Waals surface area contributed by atoms with E-state index in [-0.39, 0.29) is 12.8 Å². The van der Waals surface area contributed by atoms with E-state index in [1.807, 2.05) is 0 Å². The molecule has 0 aromatic rings. The van der Waals surface area contributed by atoms with Crippen LogP contribution in [-0.4, -0.2) is 33.1 Å². The highest BCUT2D eigenvalue weighted by Crippen LogP contribution is 2.32. The second-order valence-corrected chi connectivity index (χ2v) is 3.59. The number of nitrogens with zero attached hydrogens (tertiary/aromatic N) is 1. The van der Waals surface area contributed by atoms with Gasteiger partial charge in [-0.05, 0) is 12.8 Å². The molecule has 15 heavy (non-hydrogen) atoms. The molecule has 0 spiro atoms. The summed E-state index contributed by atoms with van der Waals surface area (Å²) in [6.45, 7) is 0. The zero-order valence-corrected chi connectivity index (χ0v) is 7.83. The molecule has 0 aromatic heterocycles. The number of carbonyl (C=O) groups is 2. The van der Waals surface area contributed by atoms with Crippen molar-refractivity contribution in [3.63, 3.8) is 0 Å². The molecule has 0 heterocycles. The van der Waals surface area contributed by atoms with Crippen LogP contribution in [0, 0.1) is 22.0 Å². The van der Waals surface area contributed by atoms with Gasteiger partial charge in [-0.25, -0.2) is 0 Å². The molecule has 7 heteroatoms. The Labute approximate surface area is 84.9 Å². The molecule has 0 bridgehead atoms. The molecule has 3 atom stereocenters. The number of hydrogen-bond donors (Lipinski definition) is 2. The van der Waals surface area contributed by atoms with E-state index in [2.05, 4.69) is 0 Å². The Morgan fingerprint density at radius 2 is 1.80 bits per heavy atom. The van der Waals surface area contributed by atoms with Gasteiger partial charge in [0.25, 0.3) is 0 Å². The molecule has 1 aliphatic rings. The van der Waals surface area contributed by atoms with E-state index in [4.69, 9.17) is 10.2 Å². The molecule has 1 aliphatic carbocycles. The van der Waals surface area contributed by atoms with Crippen LogP contribution in [0.4, 0.5) is 0 Å². The predicted molar refractivity (Wildman–Crippen MR) is 46.9 cm³/mol. The third-order valence-corrected chi connectivity index (χ3v) is 2.74. The SMILES string of the molecule is O=C(O)C1CCCC([N+](=O)[O-])C1C(=O)O. The lowest BCUT2D eigenvalue weighted by molar-refractivity contribution is -0.534. The summed E-state index contributed by atoms with van der Waals surface area (Å²) in [5.74, 6) is -5.23. The van der Waals surface area contributed by atoms with Gasteiger partial charge in [-0.2, -0.15) is 0 Å². The molecule has 84 valence electrons. The first kappa shape index (κ1) is 11.4. The number of carboxylic acid groups (broad SMARTS) is 2. The highest BCUT2D eigenvalue weighted by molar-refractivity contribution is 5.80. The van der Waals surface area contributed by atoms with Gasteiger partial charge in [0.15, 0.2) is 0 Å². The van der Waals surface area contributed by atoms with Crippen LogP contribution >= 0.6 is 0 Å². The van der Waals surface area contributed by atoms with Gasteiger partial charge in [-0.3, -0.25) is 19.7 Å². The second kappa shape index (κ2) is 4.24. The van der Waals surface area contributed by atoms with Crippen molar-refractivity contribution in [2.75, 3.05) is 0 Å². The summed E-state index contributed by atoms with van der Waals surface area (Å²) in [7, 11) is 0. The Bertz CT molecular complexity index is 280. The standard InChI is InChI=1S/C8H11NO6/c10-7(11)4-2-1-3-5(9(14)15)6(4)8(12)13/h4-6H,1-3H2,(H,10,11)(H,12,13). The molecular weight excluding hydrogens is 206 g/mol. The van der Waals surface area contributed by atoms with Crippen molar-refractivity contribution >= 4 is 11.9 Å². The largest absolute Gasteiger partial charge is 0.481 e. The van der Waals surface area contributed by atoms with Crippen molar-refractivity contribution in [2.24, 2.45) is 11.8 Å². The van der Waals surface area contributed by atoms with E-state index in [1.165, 1.54) is 0 Å². The zero-order chi connectivity index (χ0) is 11.6. The minimum absolute atomic E-state index is 0.133. The summed E-state index contributed by atoms with van der Waals surface area (Å²) in [6.07, 6.45) is 0.705. The fourth-order valence-corrected chi connectivity index (χ4v) is 2.02. The van der Waals surface area contributed by atoms with Crippen molar-refractivity contribution in [3.05, 3.63) is 10.1 Å². The van der Waals surface area contributed by atoms with Gasteiger partial charge in [0.05, 0.1) is 5.92 Å². The number of carboxylic acids is 2. The molecule has 0 radical (unpaired) electrons. The summed E-state index contributed by atoms with van der Waals surface area (Å²) in [5.41, 5.74) is 0. The van der Waals surface area contributed by atoms with Gasteiger partial charge in [-0.15, -0.1) is 0 Å². The van der Waals surface area contributed by atoms with Crippen LogP contribution in [0.1, 0.15) is 19.3 Å². The molecular formula is C8H11NO6. The molecule has 1 rings (SSSR count). The first-order chi connectivity index (χ1) is 6.95. The Balaban J connectivity index is 2.95. The average molecular weight is 217 g/mol. The molecule has 2 N–H and O–H groups in total. The van der Waals surface area contributed by atoms with Gasteiger partial charge < -0.3 is 10.2 Å². The van der Waals surface area contributed by atoms with Crippen LogP contribution < -0.4 is 0 Å². The third-order valence-electron chi connectivity index (χ3n) is 2.74. The lowest BCUT2D eigenvalue weighted by Crippen LogP contribution is -2.45. The van der Waals surface area contributed by atoms with Gasteiger partial charge in [0.1, 0.15) is 5.92 Å². The van der Waals surface area contributed by atoms with E-state index >= 15 is 0 Å². The molecule has 1 fully saturated rings. The van der Waals surface area contributed by atoms with Crippen molar-refractivity contribution in [1.29, 1.82) is 0 Å². The molecule has 0 amide bonds. The lowest BCUT2D eigenvalue weighted by atomic mass is 9.76. The fourth-order valence-electron chi connectivity index (χ4n) is 2.02. The van der Waals surface area contributed by atoms with Crippen LogP contribution in [0.25, 0.3) is 0 Å². The molecule has 7 nitrogen and oxygen atoms in total. The van der Waals surface area contributed by atoms with E-state index in [1.54, 1.807) is 0 Å². The summed E-state index contributed by atoms with van der Waals surface area (Å²) in [6, 6.07) is -1.28. The van der Waals surface area contributed by atoms with Crippen LogP contribution in [0.2, 0.25) is 0 Å². The topological polar surface area (TPSA) is 118 Å². The van der Waals surface area contributed by atoms with Crippen molar-refractivity contribution in [3.8, 4) is 0 Å². The second-order valence-electron chi connectivity index (χ2n) is 3.59. The fraction of sp³-hybridized carbons (Fsp3) is 0.750. The molecule has 1 saturated carbocycles.